The van der Waals surface area contributed by atoms with E-state index in [1.54, 1.807) is 11.3 Å². The van der Waals surface area contributed by atoms with Gasteiger partial charge in [-0.25, -0.2) is 4.98 Å². The van der Waals surface area contributed by atoms with Gasteiger partial charge in [-0.3, -0.25) is 0 Å². The third-order valence-electron chi connectivity index (χ3n) is 2.89. The van der Waals surface area contributed by atoms with Crippen LogP contribution in [-0.4, -0.2) is 9.55 Å². The molecule has 0 fully saturated rings. The molecule has 0 radical (unpaired) electrons. The minimum atomic E-state index is 1.06. The summed E-state index contributed by atoms with van der Waals surface area (Å²) in [6.07, 6.45) is 0. The molecule has 0 saturated carbocycles. The Kier molecular flexibility index (Phi) is 2.07. The molecule has 0 aliphatic heterocycles. The zero-order valence-electron chi connectivity index (χ0n) is 9.27. The van der Waals surface area contributed by atoms with Gasteiger partial charge in [-0.2, -0.15) is 0 Å². The number of thiophene rings is 1. The molecule has 0 saturated heterocycles. The summed E-state index contributed by atoms with van der Waals surface area (Å²) in [7, 11) is 2.07. The molecule has 0 aliphatic carbocycles. The van der Waals surface area contributed by atoms with E-state index in [2.05, 4.69) is 47.1 Å². The number of hydrogen-bond donors (Lipinski definition) is 0. The zero-order chi connectivity index (χ0) is 11.1. The summed E-state index contributed by atoms with van der Waals surface area (Å²) in [6.45, 7) is 2.14. The van der Waals surface area contributed by atoms with Gasteiger partial charge in [0.05, 0.1) is 11.0 Å². The molecule has 0 spiro atoms. The Bertz CT molecular complexity index is 649. The molecule has 0 unspecified atom stereocenters. The molecular formula is C13H12N2S. The average molecular weight is 228 g/mol. The number of rotatable bonds is 1. The van der Waals surface area contributed by atoms with Gasteiger partial charge in [0.2, 0.25) is 0 Å². The molecule has 16 heavy (non-hydrogen) atoms. The summed E-state index contributed by atoms with van der Waals surface area (Å²) in [5, 5.41) is 2.12. The van der Waals surface area contributed by atoms with Gasteiger partial charge in [0.15, 0.2) is 0 Å². The van der Waals surface area contributed by atoms with E-state index < -0.39 is 0 Å². The lowest BCUT2D eigenvalue weighted by atomic mass is 10.2. The summed E-state index contributed by atoms with van der Waals surface area (Å²) in [5.74, 6) is 1.06. The van der Waals surface area contributed by atoms with E-state index in [1.165, 1.54) is 16.0 Å². The molecule has 0 amide bonds. The number of aryl methyl sites for hydroxylation is 2. The Balaban J connectivity index is 2.33. The van der Waals surface area contributed by atoms with Crippen LogP contribution < -0.4 is 0 Å². The van der Waals surface area contributed by atoms with E-state index >= 15 is 0 Å². The Labute approximate surface area is 98.2 Å². The van der Waals surface area contributed by atoms with Gasteiger partial charge in [0, 0.05) is 17.5 Å². The van der Waals surface area contributed by atoms with E-state index in [0.717, 1.165) is 11.3 Å². The van der Waals surface area contributed by atoms with E-state index in [1.807, 2.05) is 12.1 Å². The second-order valence-corrected chi connectivity index (χ2v) is 4.99. The van der Waals surface area contributed by atoms with Crippen LogP contribution >= 0.6 is 11.3 Å². The first-order chi connectivity index (χ1) is 7.77. The van der Waals surface area contributed by atoms with Crippen molar-refractivity contribution in [2.75, 3.05) is 0 Å². The van der Waals surface area contributed by atoms with E-state index in [0.29, 0.717) is 0 Å². The van der Waals surface area contributed by atoms with Gasteiger partial charge >= 0.3 is 0 Å². The van der Waals surface area contributed by atoms with Gasteiger partial charge in [0.25, 0.3) is 0 Å². The minimum Gasteiger partial charge on any atom is -0.327 e. The van der Waals surface area contributed by atoms with Gasteiger partial charge < -0.3 is 4.57 Å². The quantitative estimate of drug-likeness (QED) is 0.622. The molecule has 3 rings (SSSR count). The highest BCUT2D eigenvalue weighted by atomic mass is 32.1. The number of fused-ring (bicyclic) bond motifs is 1. The van der Waals surface area contributed by atoms with Crippen LogP contribution in [-0.2, 0) is 7.05 Å². The highest BCUT2D eigenvalue weighted by Crippen LogP contribution is 2.28. The molecule has 80 valence electrons. The number of benzene rings is 1. The second kappa shape index (κ2) is 3.46. The Morgan fingerprint density at radius 3 is 2.69 bits per heavy atom. The van der Waals surface area contributed by atoms with Crippen LogP contribution in [0.3, 0.4) is 0 Å². The van der Waals surface area contributed by atoms with Crippen molar-refractivity contribution < 1.29 is 0 Å². The molecule has 2 heterocycles. The Morgan fingerprint density at radius 2 is 2.00 bits per heavy atom. The van der Waals surface area contributed by atoms with Crippen LogP contribution in [0.2, 0.25) is 0 Å². The number of para-hydroxylation sites is 2. The van der Waals surface area contributed by atoms with Crippen molar-refractivity contribution in [1.29, 1.82) is 0 Å². The van der Waals surface area contributed by atoms with Crippen molar-refractivity contribution in [3.63, 3.8) is 0 Å². The Hall–Kier alpha value is -1.61. The van der Waals surface area contributed by atoms with Crippen LogP contribution in [0.15, 0.2) is 35.7 Å². The van der Waals surface area contributed by atoms with Gasteiger partial charge in [0.1, 0.15) is 5.82 Å². The number of hydrogen-bond acceptors (Lipinski definition) is 2. The fourth-order valence-electron chi connectivity index (χ4n) is 2.00. The van der Waals surface area contributed by atoms with E-state index in [9.17, 15) is 0 Å². The van der Waals surface area contributed by atoms with Crippen molar-refractivity contribution in [2.45, 2.75) is 6.92 Å². The fraction of sp³-hybridized carbons (Fsp3) is 0.154. The number of imidazole rings is 1. The van der Waals surface area contributed by atoms with Crippen molar-refractivity contribution in [1.82, 2.24) is 9.55 Å². The molecule has 0 aliphatic rings. The Morgan fingerprint density at radius 1 is 1.19 bits per heavy atom. The fourth-order valence-corrected chi connectivity index (χ4v) is 2.70. The molecule has 2 nitrogen and oxygen atoms in total. The first-order valence-corrected chi connectivity index (χ1v) is 6.11. The summed E-state index contributed by atoms with van der Waals surface area (Å²) >= 11 is 1.76. The van der Waals surface area contributed by atoms with Gasteiger partial charge in [-0.15, -0.1) is 11.3 Å². The number of aromatic nitrogens is 2. The normalized spacial score (nSPS) is 11.1. The molecule has 1 aromatic carbocycles. The zero-order valence-corrected chi connectivity index (χ0v) is 10.1. The summed E-state index contributed by atoms with van der Waals surface area (Å²) < 4.78 is 2.16. The summed E-state index contributed by atoms with van der Waals surface area (Å²) in [6, 6.07) is 10.4. The van der Waals surface area contributed by atoms with Crippen molar-refractivity contribution in [3.05, 3.63) is 40.6 Å². The first kappa shape index (κ1) is 9.60. The maximum absolute atomic E-state index is 4.69. The average Bonchev–Trinajstić information content (AvgIpc) is 2.84. The highest BCUT2D eigenvalue weighted by Gasteiger charge is 2.11. The van der Waals surface area contributed by atoms with Crippen molar-refractivity contribution >= 4 is 22.4 Å². The van der Waals surface area contributed by atoms with Gasteiger partial charge in [-0.1, -0.05) is 12.1 Å². The largest absolute Gasteiger partial charge is 0.327 e. The monoisotopic (exact) mass is 228 g/mol. The number of nitrogens with zero attached hydrogens (tertiary/aromatic N) is 2. The maximum atomic E-state index is 4.69. The van der Waals surface area contributed by atoms with Gasteiger partial charge in [-0.05, 0) is 30.5 Å². The van der Waals surface area contributed by atoms with Crippen molar-refractivity contribution in [2.24, 2.45) is 7.05 Å². The molecule has 2 aromatic heterocycles. The molecular weight excluding hydrogens is 216 g/mol. The first-order valence-electron chi connectivity index (χ1n) is 5.23. The van der Waals surface area contributed by atoms with Crippen LogP contribution in [0.25, 0.3) is 22.4 Å². The van der Waals surface area contributed by atoms with Crippen LogP contribution in [0, 0.1) is 6.92 Å². The minimum absolute atomic E-state index is 1.06. The predicted molar refractivity (Wildman–Crippen MR) is 68.8 cm³/mol. The smallest absolute Gasteiger partial charge is 0.141 e. The highest BCUT2D eigenvalue weighted by molar-refractivity contribution is 7.10. The predicted octanol–water partition coefficient (Wildman–Crippen LogP) is 3.61. The van der Waals surface area contributed by atoms with Crippen molar-refractivity contribution in [3.8, 4) is 11.4 Å². The molecule has 3 heteroatoms. The van der Waals surface area contributed by atoms with E-state index in [-0.39, 0.29) is 0 Å². The SMILES string of the molecule is Cc1sccc1-c1nc2ccccc2n1C. The second-order valence-electron chi connectivity index (χ2n) is 3.87. The lowest BCUT2D eigenvalue weighted by Gasteiger charge is -2.00. The third-order valence-corrected chi connectivity index (χ3v) is 3.73. The molecule has 0 bridgehead atoms. The lowest BCUT2D eigenvalue weighted by molar-refractivity contribution is 0.959. The van der Waals surface area contributed by atoms with Crippen LogP contribution in [0.4, 0.5) is 0 Å². The maximum Gasteiger partial charge on any atom is 0.141 e. The summed E-state index contributed by atoms with van der Waals surface area (Å²) in [4.78, 5) is 6.00. The summed E-state index contributed by atoms with van der Waals surface area (Å²) in [5.41, 5.74) is 3.48. The lowest BCUT2D eigenvalue weighted by Crippen LogP contribution is -1.91. The molecule has 0 atom stereocenters. The standard InChI is InChI=1S/C13H12N2S/c1-9-10(7-8-16-9)13-14-11-5-3-4-6-12(11)15(13)2/h3-8H,1-2H3. The topological polar surface area (TPSA) is 17.8 Å². The third kappa shape index (κ3) is 1.28. The molecule has 3 aromatic rings. The van der Waals surface area contributed by atoms with Crippen LogP contribution in [0.1, 0.15) is 4.88 Å². The molecule has 0 N–H and O–H groups in total. The van der Waals surface area contributed by atoms with Crippen LogP contribution in [0.5, 0.6) is 0 Å². The van der Waals surface area contributed by atoms with E-state index in [4.69, 9.17) is 0 Å².